The molecule has 1 unspecified atom stereocenters. The van der Waals surface area contributed by atoms with Gasteiger partial charge in [0.15, 0.2) is 0 Å². The zero-order valence-corrected chi connectivity index (χ0v) is 10.2. The fraction of sp³-hybridized carbons (Fsp3) is 0.556. The molecule has 18 heavy (non-hydrogen) atoms. The number of rotatable bonds is 5. The molecule has 2 N–H and O–H groups in total. The summed E-state index contributed by atoms with van der Waals surface area (Å²) in [5.41, 5.74) is 0. The van der Waals surface area contributed by atoms with Crippen LogP contribution < -0.4 is 5.32 Å². The summed E-state index contributed by atoms with van der Waals surface area (Å²) in [6.45, 7) is 1.04. The van der Waals surface area contributed by atoms with Crippen molar-refractivity contribution in [2.45, 2.75) is 13.0 Å². The van der Waals surface area contributed by atoms with Crippen LogP contribution in [-0.4, -0.2) is 45.3 Å². The molecule has 9 nitrogen and oxygen atoms in total. The van der Waals surface area contributed by atoms with E-state index in [-0.39, 0.29) is 5.82 Å². The van der Waals surface area contributed by atoms with Crippen LogP contribution in [0.3, 0.4) is 0 Å². The van der Waals surface area contributed by atoms with E-state index in [1.165, 1.54) is 4.57 Å². The highest BCUT2D eigenvalue weighted by Gasteiger charge is 2.28. The lowest BCUT2D eigenvalue weighted by molar-refractivity contribution is -0.388. The number of nitro groups is 1. The van der Waals surface area contributed by atoms with Crippen LogP contribution in [0, 0.1) is 17.0 Å². The van der Waals surface area contributed by atoms with Gasteiger partial charge in [-0.05, 0) is 9.91 Å². The molecule has 0 radical (unpaired) electrons. The van der Waals surface area contributed by atoms with E-state index in [0.29, 0.717) is 5.82 Å². The second-order valence-electron chi connectivity index (χ2n) is 3.55. The van der Waals surface area contributed by atoms with E-state index in [2.05, 4.69) is 15.0 Å². The second-order valence-corrected chi connectivity index (χ2v) is 3.55. The van der Waals surface area contributed by atoms with E-state index in [0.717, 1.165) is 7.11 Å². The molecule has 100 valence electrons. The lowest BCUT2D eigenvalue weighted by Gasteiger charge is -2.14. The number of methoxy groups -OCH3 is 1. The first-order valence-electron chi connectivity index (χ1n) is 5.05. The summed E-state index contributed by atoms with van der Waals surface area (Å²) < 4.78 is 5.88. The van der Waals surface area contributed by atoms with Gasteiger partial charge in [0.1, 0.15) is 6.04 Å². The summed E-state index contributed by atoms with van der Waals surface area (Å²) in [6, 6.07) is -1.08. The van der Waals surface area contributed by atoms with Gasteiger partial charge in [-0.3, -0.25) is 4.57 Å². The number of nitrogens with zero attached hydrogens (tertiary/aromatic N) is 3. The maximum atomic E-state index is 11.3. The Kier molecular flexibility index (Phi) is 4.21. The van der Waals surface area contributed by atoms with E-state index in [9.17, 15) is 14.9 Å². The number of aromatic nitrogens is 2. The number of anilines is 1. The molecule has 0 amide bonds. The van der Waals surface area contributed by atoms with Gasteiger partial charge >= 0.3 is 11.8 Å². The Hall–Kier alpha value is -2.16. The van der Waals surface area contributed by atoms with Gasteiger partial charge in [-0.1, -0.05) is 0 Å². The third-order valence-corrected chi connectivity index (χ3v) is 2.45. The Morgan fingerprint density at radius 1 is 1.72 bits per heavy atom. The van der Waals surface area contributed by atoms with Crippen molar-refractivity contribution < 1.29 is 19.6 Å². The number of esters is 1. The maximum absolute atomic E-state index is 11.3. The highest BCUT2D eigenvalue weighted by Crippen LogP contribution is 2.24. The van der Waals surface area contributed by atoms with Crippen molar-refractivity contribution in [3.05, 3.63) is 15.9 Å². The Balaban J connectivity index is 3.09. The molecule has 1 heterocycles. The third-order valence-electron chi connectivity index (χ3n) is 2.45. The predicted octanol–water partition coefficient (Wildman–Crippen LogP) is -0.417. The first-order chi connectivity index (χ1) is 8.42. The summed E-state index contributed by atoms with van der Waals surface area (Å²) in [6.07, 6.45) is 0. The molecule has 0 spiro atoms. The molecule has 1 rings (SSSR count). The molecule has 0 aliphatic heterocycles. The second kappa shape index (κ2) is 5.45. The number of nitrogens with one attached hydrogen (secondary N) is 1. The summed E-state index contributed by atoms with van der Waals surface area (Å²) in [5, 5.41) is 22.4. The van der Waals surface area contributed by atoms with Crippen LogP contribution in [0.15, 0.2) is 0 Å². The van der Waals surface area contributed by atoms with Gasteiger partial charge in [-0.25, -0.2) is 4.79 Å². The van der Waals surface area contributed by atoms with Gasteiger partial charge in [-0.2, -0.15) is 0 Å². The van der Waals surface area contributed by atoms with Crippen LogP contribution in [0.4, 0.5) is 11.6 Å². The molecular formula is C9H14N4O5. The van der Waals surface area contributed by atoms with Gasteiger partial charge in [0.2, 0.25) is 11.6 Å². The van der Waals surface area contributed by atoms with E-state index < -0.39 is 29.4 Å². The summed E-state index contributed by atoms with van der Waals surface area (Å²) in [4.78, 5) is 25.2. The van der Waals surface area contributed by atoms with Crippen molar-refractivity contribution >= 4 is 17.6 Å². The number of aliphatic hydroxyl groups is 1. The normalized spacial score (nSPS) is 12.0. The topological polar surface area (TPSA) is 120 Å². The third kappa shape index (κ3) is 2.56. The van der Waals surface area contributed by atoms with Crippen molar-refractivity contribution in [2.24, 2.45) is 7.05 Å². The number of aryl methyl sites for hydroxylation is 1. The SMILES string of the molecule is COC(=O)C(CO)Nc1c([N+](=O)[O-])nc(C)n1C. The largest absolute Gasteiger partial charge is 0.467 e. The minimum Gasteiger partial charge on any atom is -0.467 e. The highest BCUT2D eigenvalue weighted by atomic mass is 16.6. The van der Waals surface area contributed by atoms with E-state index in [1.807, 2.05) is 0 Å². The molecule has 0 aliphatic rings. The number of carbonyl (C=O) groups is 1. The monoisotopic (exact) mass is 258 g/mol. The first kappa shape index (κ1) is 13.9. The Morgan fingerprint density at radius 2 is 2.33 bits per heavy atom. The van der Waals surface area contributed by atoms with Crippen LogP contribution in [0.1, 0.15) is 5.82 Å². The first-order valence-corrected chi connectivity index (χ1v) is 5.05. The minimum absolute atomic E-state index is 0.0435. The molecule has 0 bridgehead atoms. The van der Waals surface area contributed by atoms with E-state index in [4.69, 9.17) is 5.11 Å². The van der Waals surface area contributed by atoms with E-state index in [1.54, 1.807) is 14.0 Å². The van der Waals surface area contributed by atoms with Crippen LogP contribution in [0.2, 0.25) is 0 Å². The molecule has 0 fully saturated rings. The predicted molar refractivity (Wildman–Crippen MR) is 61.1 cm³/mol. The molecular weight excluding hydrogens is 244 g/mol. The lowest BCUT2D eigenvalue weighted by Crippen LogP contribution is -2.35. The van der Waals surface area contributed by atoms with Gasteiger partial charge in [0, 0.05) is 14.0 Å². The van der Waals surface area contributed by atoms with Crippen LogP contribution in [-0.2, 0) is 16.6 Å². The van der Waals surface area contributed by atoms with E-state index >= 15 is 0 Å². The zero-order valence-electron chi connectivity index (χ0n) is 10.2. The smallest absolute Gasteiger partial charge is 0.406 e. The average molecular weight is 258 g/mol. The summed E-state index contributed by atoms with van der Waals surface area (Å²) in [5.74, 6) is -0.671. The lowest BCUT2D eigenvalue weighted by atomic mass is 10.3. The molecule has 0 saturated heterocycles. The number of carbonyl (C=O) groups excluding carboxylic acids is 1. The number of hydrogen-bond donors (Lipinski definition) is 2. The van der Waals surface area contributed by atoms with Crippen molar-refractivity contribution in [1.29, 1.82) is 0 Å². The van der Waals surface area contributed by atoms with Crippen LogP contribution in [0.25, 0.3) is 0 Å². The maximum Gasteiger partial charge on any atom is 0.406 e. The molecule has 1 aromatic heterocycles. The number of hydrogen-bond acceptors (Lipinski definition) is 7. The zero-order chi connectivity index (χ0) is 13.9. The van der Waals surface area contributed by atoms with Crippen LogP contribution in [0.5, 0.6) is 0 Å². The number of aliphatic hydroxyl groups excluding tert-OH is 1. The summed E-state index contributed by atoms with van der Waals surface area (Å²) >= 11 is 0. The Morgan fingerprint density at radius 3 is 2.78 bits per heavy atom. The Labute approximate surface area is 103 Å². The fourth-order valence-electron chi connectivity index (χ4n) is 1.37. The van der Waals surface area contributed by atoms with Crippen LogP contribution >= 0.6 is 0 Å². The van der Waals surface area contributed by atoms with Crippen molar-refractivity contribution in [1.82, 2.24) is 9.55 Å². The number of imidazole rings is 1. The molecule has 9 heteroatoms. The molecule has 1 aromatic rings. The standard InChI is InChI=1S/C9H14N4O5/c1-5-10-8(13(16)17)7(12(5)2)11-6(4-14)9(15)18-3/h6,11,14H,4H2,1-3H3. The molecule has 0 aromatic carbocycles. The van der Waals surface area contributed by atoms with Crippen molar-refractivity contribution in [2.75, 3.05) is 19.0 Å². The quantitative estimate of drug-likeness (QED) is 0.418. The van der Waals surface area contributed by atoms with Gasteiger partial charge in [-0.15, -0.1) is 0 Å². The highest BCUT2D eigenvalue weighted by molar-refractivity contribution is 5.79. The molecule has 0 aliphatic carbocycles. The molecule has 0 saturated carbocycles. The fourth-order valence-corrected chi connectivity index (χ4v) is 1.37. The Bertz CT molecular complexity index is 470. The number of ether oxygens (including phenoxy) is 1. The van der Waals surface area contributed by atoms with Crippen molar-refractivity contribution in [3.8, 4) is 0 Å². The average Bonchev–Trinajstić information content (AvgIpc) is 2.62. The minimum atomic E-state index is -1.08. The van der Waals surface area contributed by atoms with Gasteiger partial charge in [0.25, 0.3) is 0 Å². The molecule has 1 atom stereocenters. The van der Waals surface area contributed by atoms with Gasteiger partial charge < -0.3 is 25.3 Å². The van der Waals surface area contributed by atoms with Crippen molar-refractivity contribution in [3.63, 3.8) is 0 Å². The van der Waals surface area contributed by atoms with Gasteiger partial charge in [0.05, 0.1) is 13.7 Å². The summed E-state index contributed by atoms with van der Waals surface area (Å²) in [7, 11) is 2.72.